The highest BCUT2D eigenvalue weighted by Crippen LogP contribution is 2.36. The van der Waals surface area contributed by atoms with Gasteiger partial charge in [-0.05, 0) is 11.6 Å². The van der Waals surface area contributed by atoms with E-state index >= 15 is 0 Å². The largest absolute Gasteiger partial charge is 0.491 e. The minimum atomic E-state index is -0.448. The molecule has 0 fully saturated rings. The molecule has 0 radical (unpaired) electrons. The zero-order chi connectivity index (χ0) is 17.8. The molecule has 0 amide bonds. The number of nitrogens with one attached hydrogen (secondary N) is 1. The number of aromatic amines is 1. The molecule has 130 valence electrons. The average molecular weight is 378 g/mol. The van der Waals surface area contributed by atoms with E-state index in [9.17, 15) is 4.79 Å². The number of nitrogens with two attached hydrogens (primary N) is 1. The lowest BCUT2D eigenvalue weighted by Gasteiger charge is -2.07. The van der Waals surface area contributed by atoms with E-state index in [1.807, 2.05) is 24.3 Å². The number of methoxy groups -OCH3 is 1. The summed E-state index contributed by atoms with van der Waals surface area (Å²) in [4.78, 5) is 13.2. The molecule has 0 unspecified atom stereocenters. The predicted molar refractivity (Wildman–Crippen MR) is 98.3 cm³/mol. The fraction of sp³-hybridized carbons (Fsp3) is 0.176. The van der Waals surface area contributed by atoms with E-state index in [1.165, 1.54) is 18.4 Å². The molecule has 3 N–H and O–H groups in total. The van der Waals surface area contributed by atoms with Crippen molar-refractivity contribution < 1.29 is 14.3 Å². The number of carbonyl (C=O) groups excluding carboxylic acids is 1. The summed E-state index contributed by atoms with van der Waals surface area (Å²) in [6, 6.07) is 11.0. The van der Waals surface area contributed by atoms with E-state index in [4.69, 9.17) is 26.8 Å². The van der Waals surface area contributed by atoms with Crippen LogP contribution < -0.4 is 10.5 Å². The Morgan fingerprint density at radius 3 is 2.84 bits per heavy atom. The average Bonchev–Trinajstić information content (AvgIpc) is 3.22. The number of nitrogen functional groups attached to an aromatic ring is 1. The lowest BCUT2D eigenvalue weighted by molar-refractivity contribution is 0.0602. The lowest BCUT2D eigenvalue weighted by Crippen LogP contribution is -2.05. The summed E-state index contributed by atoms with van der Waals surface area (Å²) in [7, 11) is 1.34. The van der Waals surface area contributed by atoms with Gasteiger partial charge in [-0.2, -0.15) is 5.10 Å². The van der Waals surface area contributed by atoms with Gasteiger partial charge >= 0.3 is 5.97 Å². The van der Waals surface area contributed by atoms with Gasteiger partial charge in [-0.3, -0.25) is 5.10 Å². The second kappa shape index (κ2) is 7.58. The van der Waals surface area contributed by atoms with Crippen LogP contribution in [0.3, 0.4) is 0 Å². The van der Waals surface area contributed by atoms with Crippen LogP contribution in [-0.4, -0.2) is 29.9 Å². The molecule has 25 heavy (non-hydrogen) atoms. The lowest BCUT2D eigenvalue weighted by atomic mass is 10.2. The van der Waals surface area contributed by atoms with Crippen LogP contribution in [0.1, 0.15) is 15.2 Å². The molecule has 2 heterocycles. The standard InChI is InChI=1S/C17H16ClN3O3S/c1-23-17(22)16-13(9-14(25-16)12-8-15(19)21-20-12)24-7-6-10-4-2-3-5-11(10)18/h2-5,8-9H,6-7H2,1H3,(H3,19,20,21). The molecule has 0 aliphatic rings. The molecule has 0 bridgehead atoms. The Balaban J connectivity index is 1.78. The smallest absolute Gasteiger partial charge is 0.351 e. The molecule has 0 saturated carbocycles. The van der Waals surface area contributed by atoms with Crippen molar-refractivity contribution in [3.05, 3.63) is 51.9 Å². The number of hydrogen-bond donors (Lipinski definition) is 2. The van der Waals surface area contributed by atoms with Gasteiger partial charge in [0.1, 0.15) is 11.6 Å². The molecule has 3 rings (SSSR count). The summed E-state index contributed by atoms with van der Waals surface area (Å²) < 4.78 is 10.6. The van der Waals surface area contributed by atoms with Gasteiger partial charge in [-0.25, -0.2) is 4.79 Å². The summed E-state index contributed by atoms with van der Waals surface area (Å²) in [5.41, 5.74) is 7.34. The number of esters is 1. The van der Waals surface area contributed by atoms with Crippen LogP contribution in [0.25, 0.3) is 10.6 Å². The zero-order valence-electron chi connectivity index (χ0n) is 13.4. The maximum Gasteiger partial charge on any atom is 0.351 e. The van der Waals surface area contributed by atoms with E-state index in [1.54, 1.807) is 12.1 Å². The molecule has 0 saturated heterocycles. The first-order chi connectivity index (χ1) is 12.1. The number of carbonyl (C=O) groups is 1. The van der Waals surface area contributed by atoms with Crippen LogP contribution in [0.4, 0.5) is 5.82 Å². The van der Waals surface area contributed by atoms with Gasteiger partial charge in [0.25, 0.3) is 0 Å². The van der Waals surface area contributed by atoms with Gasteiger partial charge in [0.15, 0.2) is 4.88 Å². The highest BCUT2D eigenvalue weighted by Gasteiger charge is 2.20. The first-order valence-electron chi connectivity index (χ1n) is 7.48. The highest BCUT2D eigenvalue weighted by molar-refractivity contribution is 7.17. The van der Waals surface area contributed by atoms with E-state index in [-0.39, 0.29) is 0 Å². The topological polar surface area (TPSA) is 90.2 Å². The van der Waals surface area contributed by atoms with Crippen molar-refractivity contribution >= 4 is 34.7 Å². The van der Waals surface area contributed by atoms with Gasteiger partial charge in [0.05, 0.1) is 24.3 Å². The minimum Gasteiger partial charge on any atom is -0.491 e. The van der Waals surface area contributed by atoms with Crippen LogP contribution >= 0.6 is 22.9 Å². The number of benzene rings is 1. The number of thiophene rings is 1. The van der Waals surface area contributed by atoms with Gasteiger partial charge < -0.3 is 15.2 Å². The van der Waals surface area contributed by atoms with E-state index in [0.717, 1.165) is 10.4 Å². The first kappa shape index (κ1) is 17.3. The van der Waals surface area contributed by atoms with Gasteiger partial charge in [-0.15, -0.1) is 11.3 Å². The van der Waals surface area contributed by atoms with Crippen molar-refractivity contribution in [1.29, 1.82) is 0 Å². The Morgan fingerprint density at radius 2 is 2.16 bits per heavy atom. The fourth-order valence-electron chi connectivity index (χ4n) is 2.28. The van der Waals surface area contributed by atoms with Crippen LogP contribution in [0, 0.1) is 0 Å². The Bertz CT molecular complexity index is 891. The number of rotatable bonds is 6. The minimum absolute atomic E-state index is 0.379. The Kier molecular flexibility index (Phi) is 5.25. The molecule has 6 nitrogen and oxygen atoms in total. The van der Waals surface area contributed by atoms with Crippen molar-refractivity contribution in [2.24, 2.45) is 0 Å². The number of anilines is 1. The third-order valence-electron chi connectivity index (χ3n) is 3.52. The Hall–Kier alpha value is -2.51. The zero-order valence-corrected chi connectivity index (χ0v) is 15.0. The third kappa shape index (κ3) is 3.94. The van der Waals surface area contributed by atoms with Crippen molar-refractivity contribution in [3.8, 4) is 16.3 Å². The third-order valence-corrected chi connectivity index (χ3v) is 5.02. The Morgan fingerprint density at radius 1 is 1.36 bits per heavy atom. The number of ether oxygens (including phenoxy) is 2. The van der Waals surface area contributed by atoms with E-state index in [0.29, 0.717) is 40.2 Å². The highest BCUT2D eigenvalue weighted by atomic mass is 35.5. The molecule has 2 aromatic heterocycles. The van der Waals surface area contributed by atoms with Gasteiger partial charge in [0, 0.05) is 23.6 Å². The SMILES string of the molecule is COC(=O)c1sc(-c2cc(N)n[nH]2)cc1OCCc1ccccc1Cl. The molecule has 0 aliphatic carbocycles. The van der Waals surface area contributed by atoms with Crippen LogP contribution in [0.5, 0.6) is 5.75 Å². The maximum absolute atomic E-state index is 12.0. The second-order valence-corrected chi connectivity index (χ2v) is 6.65. The molecule has 1 aromatic carbocycles. The molecular weight excluding hydrogens is 362 g/mol. The maximum atomic E-state index is 12.0. The normalized spacial score (nSPS) is 10.6. The Labute approximate surface area is 153 Å². The number of nitrogens with zero attached hydrogens (tertiary/aromatic N) is 1. The second-order valence-electron chi connectivity index (χ2n) is 5.19. The first-order valence-corrected chi connectivity index (χ1v) is 8.67. The molecule has 0 atom stereocenters. The fourth-order valence-corrected chi connectivity index (χ4v) is 3.50. The summed E-state index contributed by atoms with van der Waals surface area (Å²) >= 11 is 7.40. The number of halogens is 1. The van der Waals surface area contributed by atoms with Crippen molar-refractivity contribution in [3.63, 3.8) is 0 Å². The number of H-pyrrole nitrogens is 1. The molecule has 0 spiro atoms. The van der Waals surface area contributed by atoms with E-state index < -0.39 is 5.97 Å². The molecule has 3 aromatic rings. The van der Waals surface area contributed by atoms with Crippen molar-refractivity contribution in [2.45, 2.75) is 6.42 Å². The molecule has 8 heteroatoms. The van der Waals surface area contributed by atoms with Crippen LogP contribution in [0.15, 0.2) is 36.4 Å². The van der Waals surface area contributed by atoms with Gasteiger partial charge in [-0.1, -0.05) is 29.8 Å². The van der Waals surface area contributed by atoms with Crippen LogP contribution in [0.2, 0.25) is 5.02 Å². The number of aromatic nitrogens is 2. The monoisotopic (exact) mass is 377 g/mol. The quantitative estimate of drug-likeness (QED) is 0.638. The predicted octanol–water partition coefficient (Wildman–Crippen LogP) is 3.78. The van der Waals surface area contributed by atoms with Crippen molar-refractivity contribution in [1.82, 2.24) is 10.2 Å². The van der Waals surface area contributed by atoms with Crippen molar-refractivity contribution in [2.75, 3.05) is 19.5 Å². The summed E-state index contributed by atoms with van der Waals surface area (Å²) in [6.07, 6.45) is 0.627. The summed E-state index contributed by atoms with van der Waals surface area (Å²) in [5.74, 6) is 0.396. The summed E-state index contributed by atoms with van der Waals surface area (Å²) in [5, 5.41) is 7.41. The van der Waals surface area contributed by atoms with Gasteiger partial charge in [0.2, 0.25) is 0 Å². The van der Waals surface area contributed by atoms with E-state index in [2.05, 4.69) is 10.2 Å². The summed E-state index contributed by atoms with van der Waals surface area (Å²) in [6.45, 7) is 0.384. The van der Waals surface area contributed by atoms with Crippen LogP contribution in [-0.2, 0) is 11.2 Å². The molecule has 0 aliphatic heterocycles. The molecular formula is C17H16ClN3O3S. The number of hydrogen-bond acceptors (Lipinski definition) is 6.